The van der Waals surface area contributed by atoms with Crippen molar-refractivity contribution in [2.24, 2.45) is 4.99 Å². The van der Waals surface area contributed by atoms with E-state index in [9.17, 15) is 57.1 Å². The van der Waals surface area contributed by atoms with Crippen molar-refractivity contribution in [1.82, 2.24) is 0 Å². The van der Waals surface area contributed by atoms with Gasteiger partial charge in [0.25, 0.3) is 5.90 Å². The van der Waals surface area contributed by atoms with Crippen molar-refractivity contribution in [3.05, 3.63) is 0 Å². The van der Waals surface area contributed by atoms with Crippen molar-refractivity contribution in [1.29, 1.82) is 0 Å². The number of hydrogen-bond donors (Lipinski definition) is 0. The topological polar surface area (TPSA) is 40.0 Å². The fourth-order valence-corrected chi connectivity index (χ4v) is 1.43. The normalized spacial score (nSPS) is 26.4. The van der Waals surface area contributed by atoms with Gasteiger partial charge in [0, 0.05) is 0 Å². The van der Waals surface area contributed by atoms with Crippen molar-refractivity contribution in [2.75, 3.05) is 13.2 Å². The van der Waals surface area contributed by atoms with Crippen molar-refractivity contribution >= 4 is 5.90 Å². The molecule has 1 unspecified atom stereocenters. The lowest BCUT2D eigenvalue weighted by molar-refractivity contribution is -0.466. The smallest absolute Gasteiger partial charge is 0.448 e. The predicted octanol–water partition coefficient (Wildman–Crippen LogP) is 4.02. The molecule has 1 heterocycles. The molecule has 0 radical (unpaired) electrons. The van der Waals surface area contributed by atoms with E-state index < -0.39 is 55.6 Å². The Morgan fingerprint density at radius 2 is 1.27 bits per heavy atom. The maximum Gasteiger partial charge on any atom is 0.448 e. The second-order valence-electron chi connectivity index (χ2n) is 4.50. The van der Waals surface area contributed by atoms with Crippen molar-refractivity contribution in [3.8, 4) is 0 Å². The molecule has 0 aromatic heterocycles. The molecular formula is C9H4F13NO3. The van der Waals surface area contributed by atoms with Gasteiger partial charge >= 0.3 is 36.5 Å². The zero-order valence-electron chi connectivity index (χ0n) is 11.5. The molecular weight excluding hydrogens is 417 g/mol. The van der Waals surface area contributed by atoms with Gasteiger partial charge in [-0.25, -0.2) is 4.74 Å². The number of rotatable bonds is 3. The third-order valence-electron chi connectivity index (χ3n) is 2.36. The zero-order valence-corrected chi connectivity index (χ0v) is 11.5. The van der Waals surface area contributed by atoms with Crippen LogP contribution in [0.25, 0.3) is 0 Å². The molecule has 0 aromatic rings. The van der Waals surface area contributed by atoms with Gasteiger partial charge in [-0.1, -0.05) is 0 Å². The second kappa shape index (κ2) is 6.28. The van der Waals surface area contributed by atoms with E-state index in [0.717, 1.165) is 0 Å². The fourth-order valence-electron chi connectivity index (χ4n) is 1.43. The third kappa shape index (κ3) is 4.80. The standard InChI is InChI=1S/C9H4F13NO3/c10-4(11,12)1-24-3-6(16,17)26-9(21,22)7(23-3,8(18,19)20)25-2-5(13,14)15/h1-2H2. The van der Waals surface area contributed by atoms with Crippen molar-refractivity contribution in [2.45, 2.75) is 36.5 Å². The summed E-state index contributed by atoms with van der Waals surface area (Å²) in [5, 5.41) is 0. The van der Waals surface area contributed by atoms with E-state index in [4.69, 9.17) is 0 Å². The minimum atomic E-state index is -6.63. The van der Waals surface area contributed by atoms with Gasteiger partial charge in [-0.15, -0.1) is 0 Å². The minimum absolute atomic E-state index is 1.52. The maximum absolute atomic E-state index is 13.4. The lowest BCUT2D eigenvalue weighted by Crippen LogP contribution is -2.67. The molecule has 0 amide bonds. The van der Waals surface area contributed by atoms with E-state index in [1.165, 1.54) is 4.99 Å². The largest absolute Gasteiger partial charge is 0.465 e. The Morgan fingerprint density at radius 3 is 1.65 bits per heavy atom. The third-order valence-corrected chi connectivity index (χ3v) is 2.36. The van der Waals surface area contributed by atoms with Gasteiger partial charge in [0.2, 0.25) is 0 Å². The molecule has 1 rings (SSSR count). The highest BCUT2D eigenvalue weighted by Crippen LogP contribution is 2.52. The lowest BCUT2D eigenvalue weighted by Gasteiger charge is -2.42. The Balaban J connectivity index is 3.46. The summed E-state index contributed by atoms with van der Waals surface area (Å²) in [4.78, 5) is 1.52. The SMILES string of the molecule is FC(F)(F)COC1=NC(OCC(F)(F)F)(C(F)(F)F)C(F)(F)OC1(F)F. The van der Waals surface area contributed by atoms with Crippen molar-refractivity contribution < 1.29 is 71.3 Å². The Kier molecular flexibility index (Phi) is 5.44. The van der Waals surface area contributed by atoms with Gasteiger partial charge in [-0.3, -0.25) is 0 Å². The molecule has 0 N–H and O–H groups in total. The molecule has 4 nitrogen and oxygen atoms in total. The van der Waals surface area contributed by atoms with E-state index in [0.29, 0.717) is 0 Å². The molecule has 1 aliphatic rings. The summed E-state index contributed by atoms with van der Waals surface area (Å²) in [5.41, 5.74) is -5.74. The first-order chi connectivity index (χ1) is 11.2. The molecule has 0 saturated heterocycles. The first kappa shape index (κ1) is 22.5. The van der Waals surface area contributed by atoms with Crippen LogP contribution in [0.4, 0.5) is 57.1 Å². The zero-order chi connectivity index (χ0) is 20.8. The van der Waals surface area contributed by atoms with Gasteiger partial charge in [0.15, 0.2) is 6.61 Å². The Hall–Kier alpha value is -1.52. The monoisotopic (exact) mass is 421 g/mol. The van der Waals surface area contributed by atoms with E-state index in [2.05, 4.69) is 14.2 Å². The Bertz CT molecular complexity index is 549. The Labute approximate surface area is 133 Å². The molecule has 26 heavy (non-hydrogen) atoms. The number of alkyl halides is 13. The summed E-state index contributed by atoms with van der Waals surface area (Å²) in [6, 6.07) is 0. The van der Waals surface area contributed by atoms with Crippen LogP contribution < -0.4 is 0 Å². The van der Waals surface area contributed by atoms with Crippen molar-refractivity contribution in [3.63, 3.8) is 0 Å². The van der Waals surface area contributed by atoms with Crippen LogP contribution in [0, 0.1) is 0 Å². The lowest BCUT2D eigenvalue weighted by atomic mass is 10.1. The van der Waals surface area contributed by atoms with Crippen LogP contribution in [0.2, 0.25) is 0 Å². The highest BCUT2D eigenvalue weighted by atomic mass is 19.4. The fraction of sp³-hybridized carbons (Fsp3) is 0.889. The summed E-state index contributed by atoms with van der Waals surface area (Å²) in [5.74, 6) is -3.00. The van der Waals surface area contributed by atoms with Crippen LogP contribution in [0.3, 0.4) is 0 Å². The predicted molar refractivity (Wildman–Crippen MR) is 51.2 cm³/mol. The average molecular weight is 421 g/mol. The molecule has 1 aliphatic heterocycles. The van der Waals surface area contributed by atoms with Gasteiger partial charge in [-0.2, -0.15) is 62.1 Å². The number of halogens is 13. The molecule has 0 saturated carbocycles. The molecule has 17 heteroatoms. The molecule has 0 aliphatic carbocycles. The number of nitrogens with zero attached hydrogens (tertiary/aromatic N) is 1. The number of aliphatic imine (C=N–C) groups is 1. The first-order valence-electron chi connectivity index (χ1n) is 5.75. The molecule has 1 atom stereocenters. The number of hydrogen-bond acceptors (Lipinski definition) is 4. The van der Waals surface area contributed by atoms with Crippen LogP contribution in [-0.2, 0) is 14.2 Å². The molecule has 0 bridgehead atoms. The van der Waals surface area contributed by atoms with E-state index in [1.807, 2.05) is 0 Å². The van der Waals surface area contributed by atoms with Crippen LogP contribution >= 0.6 is 0 Å². The van der Waals surface area contributed by atoms with Crippen LogP contribution in [0.1, 0.15) is 0 Å². The summed E-state index contributed by atoms with van der Waals surface area (Å²) < 4.78 is 172. The number of ether oxygens (including phenoxy) is 3. The van der Waals surface area contributed by atoms with Gasteiger partial charge in [-0.05, 0) is 0 Å². The highest BCUT2D eigenvalue weighted by molar-refractivity contribution is 5.83. The average Bonchev–Trinajstić information content (AvgIpc) is 2.30. The summed E-state index contributed by atoms with van der Waals surface area (Å²) in [6.07, 6.45) is -29.6. The first-order valence-corrected chi connectivity index (χ1v) is 5.75. The van der Waals surface area contributed by atoms with Gasteiger partial charge in [0.1, 0.15) is 6.61 Å². The van der Waals surface area contributed by atoms with Crippen LogP contribution in [0.5, 0.6) is 0 Å². The van der Waals surface area contributed by atoms with E-state index in [1.54, 1.807) is 0 Å². The summed E-state index contributed by atoms with van der Waals surface area (Å²) in [7, 11) is 0. The molecule has 0 fully saturated rings. The molecule has 0 spiro atoms. The quantitative estimate of drug-likeness (QED) is 0.647. The molecule has 0 aromatic carbocycles. The molecule has 154 valence electrons. The van der Waals surface area contributed by atoms with E-state index >= 15 is 0 Å². The maximum atomic E-state index is 13.4. The van der Waals surface area contributed by atoms with Gasteiger partial charge in [0.05, 0.1) is 0 Å². The minimum Gasteiger partial charge on any atom is -0.465 e. The van der Waals surface area contributed by atoms with Gasteiger partial charge < -0.3 is 9.47 Å². The van der Waals surface area contributed by atoms with Crippen LogP contribution in [-0.4, -0.2) is 55.6 Å². The Morgan fingerprint density at radius 1 is 0.808 bits per heavy atom. The second-order valence-corrected chi connectivity index (χ2v) is 4.50. The van der Waals surface area contributed by atoms with E-state index in [-0.39, 0.29) is 0 Å². The highest BCUT2D eigenvalue weighted by Gasteiger charge is 2.79. The summed E-state index contributed by atoms with van der Waals surface area (Å²) in [6.45, 7) is -5.81. The van der Waals surface area contributed by atoms with Crippen LogP contribution in [0.15, 0.2) is 4.99 Å². The summed E-state index contributed by atoms with van der Waals surface area (Å²) >= 11 is 0.